The van der Waals surface area contributed by atoms with Gasteiger partial charge in [0.05, 0.1) is 18.3 Å². The van der Waals surface area contributed by atoms with Crippen molar-refractivity contribution in [3.8, 4) is 0 Å². The van der Waals surface area contributed by atoms with E-state index >= 15 is 0 Å². The van der Waals surface area contributed by atoms with Gasteiger partial charge >= 0.3 is 0 Å². The van der Waals surface area contributed by atoms with E-state index in [0.717, 1.165) is 17.6 Å². The highest BCUT2D eigenvalue weighted by Crippen LogP contribution is 2.59. The Kier molecular flexibility index (Phi) is 6.44. The lowest BCUT2D eigenvalue weighted by molar-refractivity contribution is 0.0862. The molecule has 0 radical (unpaired) electrons. The zero-order valence-corrected chi connectivity index (χ0v) is 18.8. The molecule has 0 aromatic rings. The molecule has 3 N–H and O–H groups in total. The summed E-state index contributed by atoms with van der Waals surface area (Å²) in [5.74, 6) is 2.28. The van der Waals surface area contributed by atoms with Crippen LogP contribution >= 0.6 is 0 Å². The maximum absolute atomic E-state index is 10.2. The molecule has 3 nitrogen and oxygen atoms in total. The van der Waals surface area contributed by atoms with Crippen molar-refractivity contribution in [2.24, 2.45) is 29.1 Å². The van der Waals surface area contributed by atoms with E-state index in [-0.39, 0.29) is 6.10 Å². The van der Waals surface area contributed by atoms with Crippen LogP contribution in [0.25, 0.3) is 0 Å². The van der Waals surface area contributed by atoms with Crippen molar-refractivity contribution in [2.45, 2.75) is 89.9 Å². The van der Waals surface area contributed by atoms with Gasteiger partial charge in [-0.3, -0.25) is 0 Å². The molecule has 4 saturated carbocycles. The summed E-state index contributed by atoms with van der Waals surface area (Å²) in [5, 5.41) is 30.4. The van der Waals surface area contributed by atoms with Crippen molar-refractivity contribution in [1.29, 1.82) is 0 Å². The third kappa shape index (κ3) is 4.40. The molecule has 3 heteroatoms. The lowest BCUT2D eigenvalue weighted by Gasteiger charge is -2.44. The van der Waals surface area contributed by atoms with Gasteiger partial charge in [0.15, 0.2) is 0 Å². The first-order chi connectivity index (χ1) is 14.3. The van der Waals surface area contributed by atoms with E-state index in [1.807, 2.05) is 0 Å². The van der Waals surface area contributed by atoms with Gasteiger partial charge in [0.25, 0.3) is 0 Å². The average molecular weight is 413 g/mol. The number of aliphatic hydroxyl groups excluding tert-OH is 3. The van der Waals surface area contributed by atoms with Crippen LogP contribution in [0.4, 0.5) is 0 Å². The summed E-state index contributed by atoms with van der Waals surface area (Å²) in [7, 11) is 0. The molecule has 0 bridgehead atoms. The maximum atomic E-state index is 10.2. The lowest BCUT2D eigenvalue weighted by Crippen LogP contribution is -2.35. The summed E-state index contributed by atoms with van der Waals surface area (Å²) in [6, 6.07) is 0. The molecule has 30 heavy (non-hydrogen) atoms. The Morgan fingerprint density at radius 1 is 1.10 bits per heavy atom. The van der Waals surface area contributed by atoms with Crippen molar-refractivity contribution in [1.82, 2.24) is 0 Å². The van der Waals surface area contributed by atoms with Gasteiger partial charge in [-0.1, -0.05) is 50.3 Å². The zero-order valence-electron chi connectivity index (χ0n) is 18.8. The van der Waals surface area contributed by atoms with E-state index in [1.165, 1.54) is 44.1 Å². The van der Waals surface area contributed by atoms with Crippen LogP contribution in [-0.4, -0.2) is 33.6 Å². The fourth-order valence-electron chi connectivity index (χ4n) is 6.63. The van der Waals surface area contributed by atoms with E-state index in [4.69, 9.17) is 0 Å². The topological polar surface area (TPSA) is 60.7 Å². The molecule has 0 saturated heterocycles. The van der Waals surface area contributed by atoms with Crippen LogP contribution in [0.1, 0.15) is 71.6 Å². The average Bonchev–Trinajstić information content (AvgIpc) is 3.49. The smallest absolute Gasteiger partial charge is 0.0811 e. The lowest BCUT2D eigenvalue weighted by atomic mass is 9.61. The van der Waals surface area contributed by atoms with Gasteiger partial charge in [-0.2, -0.15) is 0 Å². The van der Waals surface area contributed by atoms with E-state index < -0.39 is 12.2 Å². The SMILES string of the molecule is C=C1/C(=C\C=C2\CCCC3(C)C2CCC3C(C)/C=C/C(O)C2CC2)CC(O)CC1O. The van der Waals surface area contributed by atoms with Gasteiger partial charge < -0.3 is 15.3 Å². The van der Waals surface area contributed by atoms with Gasteiger partial charge in [0.1, 0.15) is 0 Å². The second kappa shape index (κ2) is 8.76. The number of allylic oxidation sites excluding steroid dienone is 4. The van der Waals surface area contributed by atoms with Crippen LogP contribution < -0.4 is 0 Å². The highest BCUT2D eigenvalue weighted by molar-refractivity contribution is 5.38. The summed E-state index contributed by atoms with van der Waals surface area (Å²) in [6.07, 6.45) is 16.9. The third-order valence-corrected chi connectivity index (χ3v) is 8.65. The minimum atomic E-state index is -0.621. The van der Waals surface area contributed by atoms with Gasteiger partial charge in [0.2, 0.25) is 0 Å². The van der Waals surface area contributed by atoms with Crippen molar-refractivity contribution >= 4 is 0 Å². The fraction of sp³-hybridized carbons (Fsp3) is 0.704. The largest absolute Gasteiger partial charge is 0.393 e. The maximum Gasteiger partial charge on any atom is 0.0811 e. The molecule has 0 aromatic heterocycles. The van der Waals surface area contributed by atoms with E-state index in [1.54, 1.807) is 0 Å². The Morgan fingerprint density at radius 2 is 1.87 bits per heavy atom. The van der Waals surface area contributed by atoms with Crippen LogP contribution in [0.15, 0.2) is 47.6 Å². The number of rotatable bonds is 5. The standard InChI is InChI=1S/C27H40O3/c1-17(6-13-25(29)20-8-9-20)23-11-12-24-19(5-4-14-27(23,24)3)7-10-21-15-22(28)16-26(30)18(21)2/h6-7,10,13,17,20,22-26,28-30H,2,4-5,8-9,11-12,14-16H2,1,3H3/b13-6+,19-7-,21-10-. The van der Waals surface area contributed by atoms with Gasteiger partial charge in [0, 0.05) is 6.42 Å². The second-order valence-corrected chi connectivity index (χ2v) is 10.7. The molecule has 0 aliphatic heterocycles. The van der Waals surface area contributed by atoms with Crippen LogP contribution in [0.5, 0.6) is 0 Å². The Balaban J connectivity index is 1.48. The molecule has 4 aliphatic carbocycles. The quantitative estimate of drug-likeness (QED) is 0.551. The van der Waals surface area contributed by atoms with Crippen LogP contribution in [0.3, 0.4) is 0 Å². The molecule has 4 rings (SSSR count). The number of hydrogen-bond donors (Lipinski definition) is 3. The molecular formula is C27H40O3. The minimum Gasteiger partial charge on any atom is -0.393 e. The predicted molar refractivity (Wildman–Crippen MR) is 122 cm³/mol. The molecule has 7 unspecified atom stereocenters. The van der Waals surface area contributed by atoms with E-state index in [2.05, 4.69) is 44.7 Å². The molecule has 0 spiro atoms. The first-order valence-corrected chi connectivity index (χ1v) is 12.1. The van der Waals surface area contributed by atoms with Crippen molar-refractivity contribution in [3.05, 3.63) is 47.6 Å². The van der Waals surface area contributed by atoms with Gasteiger partial charge in [-0.05, 0) is 91.6 Å². The van der Waals surface area contributed by atoms with Crippen LogP contribution in [0.2, 0.25) is 0 Å². The number of fused-ring (bicyclic) bond motifs is 1. The Hall–Kier alpha value is -1.16. The molecular weight excluding hydrogens is 372 g/mol. The zero-order chi connectivity index (χ0) is 21.5. The first kappa shape index (κ1) is 22.0. The summed E-state index contributed by atoms with van der Waals surface area (Å²) >= 11 is 0. The Morgan fingerprint density at radius 3 is 2.60 bits per heavy atom. The highest BCUT2D eigenvalue weighted by atomic mass is 16.3. The minimum absolute atomic E-state index is 0.250. The van der Waals surface area contributed by atoms with Crippen LogP contribution in [-0.2, 0) is 0 Å². The van der Waals surface area contributed by atoms with Gasteiger partial charge in [-0.25, -0.2) is 0 Å². The number of hydrogen-bond acceptors (Lipinski definition) is 3. The summed E-state index contributed by atoms with van der Waals surface area (Å²) in [5.41, 5.74) is 3.63. The van der Waals surface area contributed by atoms with E-state index in [0.29, 0.717) is 41.9 Å². The Labute approximate surface area is 182 Å². The monoisotopic (exact) mass is 412 g/mol. The van der Waals surface area contributed by atoms with Crippen molar-refractivity contribution in [2.75, 3.05) is 0 Å². The number of aliphatic hydroxyl groups is 3. The van der Waals surface area contributed by atoms with Crippen molar-refractivity contribution < 1.29 is 15.3 Å². The summed E-state index contributed by atoms with van der Waals surface area (Å²) in [6.45, 7) is 8.88. The normalized spacial score (nSPS) is 42.1. The molecule has 0 aromatic carbocycles. The molecule has 4 aliphatic rings. The highest BCUT2D eigenvalue weighted by Gasteiger charge is 2.50. The van der Waals surface area contributed by atoms with E-state index in [9.17, 15) is 15.3 Å². The predicted octanol–water partition coefficient (Wildman–Crippen LogP) is 5.09. The molecule has 4 fully saturated rings. The Bertz CT molecular complexity index is 743. The molecule has 166 valence electrons. The summed E-state index contributed by atoms with van der Waals surface area (Å²) < 4.78 is 0. The van der Waals surface area contributed by atoms with Crippen LogP contribution in [0, 0.1) is 29.1 Å². The summed E-state index contributed by atoms with van der Waals surface area (Å²) in [4.78, 5) is 0. The second-order valence-electron chi connectivity index (χ2n) is 10.7. The third-order valence-electron chi connectivity index (χ3n) is 8.65. The van der Waals surface area contributed by atoms with Crippen molar-refractivity contribution in [3.63, 3.8) is 0 Å². The first-order valence-electron chi connectivity index (χ1n) is 12.1. The molecule has 0 heterocycles. The van der Waals surface area contributed by atoms with Gasteiger partial charge in [-0.15, -0.1) is 0 Å². The molecule has 0 amide bonds. The fourth-order valence-corrected chi connectivity index (χ4v) is 6.63. The molecule has 7 atom stereocenters.